The quantitative estimate of drug-likeness (QED) is 0.0215. The molecule has 5 aromatic heterocycles. The van der Waals surface area contributed by atoms with Crippen LogP contribution in [0.2, 0.25) is 5.02 Å². The van der Waals surface area contributed by atoms with Crippen LogP contribution in [-0.2, 0) is 33.4 Å². The number of nitrogens with zero attached hydrogens (tertiary/aromatic N) is 6. The number of esters is 1. The maximum Gasteiger partial charge on any atom is 0.325 e. The number of benzene rings is 5. The minimum Gasteiger partial charge on any atom is -0.506 e. The van der Waals surface area contributed by atoms with E-state index in [1.165, 1.54) is 24.3 Å². The van der Waals surface area contributed by atoms with Crippen LogP contribution in [0.25, 0.3) is 54.5 Å². The highest BCUT2D eigenvalue weighted by Crippen LogP contribution is 2.36. The Bertz CT molecular complexity index is 6420. The largest absolute Gasteiger partial charge is 0.506 e. The van der Waals surface area contributed by atoms with Crippen molar-refractivity contribution in [3.05, 3.63) is 206 Å². The molecule has 42 nitrogen and oxygen atoms in total. The van der Waals surface area contributed by atoms with Gasteiger partial charge < -0.3 is 111 Å². The highest BCUT2D eigenvalue weighted by molar-refractivity contribution is 6.31. The Morgan fingerprint density at radius 1 is 0.414 bits per heavy atom. The molecule has 5 aliphatic rings. The molecule has 4 aliphatic carbocycles. The van der Waals surface area contributed by atoms with E-state index in [-0.39, 0.29) is 45.3 Å². The monoisotopic (exact) mass is 1860 g/mol. The Morgan fingerprint density at radius 3 is 1.10 bits per heavy atom. The highest BCUT2D eigenvalue weighted by atomic mass is 35.5. The van der Waals surface area contributed by atoms with Crippen molar-refractivity contribution >= 4 is 131 Å². The van der Waals surface area contributed by atoms with Crippen molar-refractivity contribution in [1.29, 1.82) is 0 Å². The zero-order chi connectivity index (χ0) is 96.2. The molecule has 5 amide bonds. The maximum atomic E-state index is 12.9. The number of carboxylic acid groups (broad SMARTS) is 4. The van der Waals surface area contributed by atoms with Crippen LogP contribution >= 0.6 is 11.6 Å². The number of rotatable bonds is 30. The number of anilines is 1. The average Bonchev–Trinajstić information content (AvgIpc) is 1.42. The number of ether oxygens (including phenoxy) is 2. The Kier molecular flexibility index (Phi) is 32.7. The number of fused-ring (bicyclic) bond motifs is 5. The van der Waals surface area contributed by atoms with Gasteiger partial charge in [0.25, 0.3) is 57.3 Å². The molecular weight excluding hydrogens is 1770 g/mol. The topological polar surface area (TPSA) is 591 Å². The van der Waals surface area contributed by atoms with E-state index in [0.29, 0.717) is 90.8 Å². The number of morpholine rings is 1. The molecule has 0 atom stereocenters. The molecule has 0 radical (unpaired) electrons. The summed E-state index contributed by atoms with van der Waals surface area (Å²) < 4.78 is 15.4. The lowest BCUT2D eigenvalue weighted by Gasteiger charge is -2.29. The molecule has 706 valence electrons. The van der Waals surface area contributed by atoms with E-state index in [1.807, 2.05) is 0 Å². The van der Waals surface area contributed by atoms with Crippen molar-refractivity contribution in [3.8, 4) is 28.7 Å². The number of para-hydroxylation sites is 3. The van der Waals surface area contributed by atoms with Gasteiger partial charge in [-0.15, -0.1) is 23.7 Å². The number of aromatic hydroxyl groups is 5. The van der Waals surface area contributed by atoms with Crippen LogP contribution in [0.5, 0.6) is 28.7 Å². The van der Waals surface area contributed by atoms with Crippen molar-refractivity contribution in [2.75, 3.05) is 90.4 Å². The lowest BCUT2D eigenvalue weighted by atomic mass is 10.1. The zero-order valence-electron chi connectivity index (χ0n) is 72.2. The summed E-state index contributed by atoms with van der Waals surface area (Å²) in [6.45, 7) is 9.01. The first-order valence-electron chi connectivity index (χ1n) is 42.2. The predicted octanol–water partition coefficient (Wildman–Crippen LogP) is 4.64. The van der Waals surface area contributed by atoms with Gasteiger partial charge >= 0.3 is 29.8 Å². The molecule has 15 rings (SSSR count). The molecule has 0 bridgehead atoms. The van der Waals surface area contributed by atoms with E-state index in [9.17, 15) is 97.5 Å². The van der Waals surface area contributed by atoms with E-state index in [1.54, 1.807) is 112 Å². The van der Waals surface area contributed by atoms with Crippen molar-refractivity contribution < 1.29 is 128 Å². The van der Waals surface area contributed by atoms with Crippen molar-refractivity contribution in [2.24, 2.45) is 17.8 Å². The summed E-state index contributed by atoms with van der Waals surface area (Å²) in [5.41, 5.74) is -5.22. The van der Waals surface area contributed by atoms with E-state index < -0.39 is 182 Å². The van der Waals surface area contributed by atoms with Crippen molar-refractivity contribution in [2.45, 2.75) is 110 Å². The van der Waals surface area contributed by atoms with E-state index in [2.05, 4.69) is 38.1 Å². The smallest absolute Gasteiger partial charge is 0.325 e. The van der Waals surface area contributed by atoms with E-state index in [4.69, 9.17) is 65.7 Å². The molecule has 5 aromatic carbocycles. The lowest BCUT2D eigenvalue weighted by Crippen LogP contribution is -2.39. The van der Waals surface area contributed by atoms with Crippen LogP contribution in [0.1, 0.15) is 150 Å². The number of nitrogens with one attached hydrogen (secondary N) is 5. The number of halogens is 1. The molecule has 4 saturated carbocycles. The van der Waals surface area contributed by atoms with Crippen LogP contribution in [0.15, 0.2) is 146 Å². The molecule has 1 aliphatic heterocycles. The second kappa shape index (κ2) is 44.3. The Hall–Kier alpha value is -15.4. The van der Waals surface area contributed by atoms with E-state index in [0.717, 1.165) is 106 Å². The second-order valence-corrected chi connectivity index (χ2v) is 32.7. The van der Waals surface area contributed by atoms with Gasteiger partial charge in [0.2, 0.25) is 0 Å². The number of carboxylic acids is 4. The van der Waals surface area contributed by atoms with Gasteiger partial charge in [-0.05, 0) is 176 Å². The summed E-state index contributed by atoms with van der Waals surface area (Å²) in [7, 11) is 0. The molecular formula is C90H98ClN11O31. The average molecular weight is 1870 g/mol. The number of amides is 5. The van der Waals surface area contributed by atoms with Crippen LogP contribution in [0.3, 0.4) is 0 Å². The molecule has 43 heteroatoms. The molecule has 5 fully saturated rings. The zero-order valence-corrected chi connectivity index (χ0v) is 73.0. The van der Waals surface area contributed by atoms with Crippen LogP contribution in [0.4, 0.5) is 5.69 Å². The first-order chi connectivity index (χ1) is 63.5. The molecule has 14 N–H and O–H groups in total. The number of aliphatic carboxylic acids is 4. The van der Waals surface area contributed by atoms with Crippen LogP contribution in [-0.4, -0.2) is 226 Å². The number of carbonyl (C=O) groups excluding carboxylic acids is 6. The van der Waals surface area contributed by atoms with Gasteiger partial charge in [0.05, 0.1) is 40.8 Å². The highest BCUT2D eigenvalue weighted by Gasteiger charge is 2.33. The van der Waals surface area contributed by atoms with Gasteiger partial charge in [-0.3, -0.25) is 71.9 Å². The number of aromatic nitrogens is 5. The van der Waals surface area contributed by atoms with Gasteiger partial charge in [0.15, 0.2) is 27.8 Å². The summed E-state index contributed by atoms with van der Waals surface area (Å²) in [5.74, 6) is -11.9. The molecule has 1 saturated heterocycles. The molecule has 133 heavy (non-hydrogen) atoms. The SMILES string of the molecule is C=CCOn1c(=O)c(C(=O)NCC(=O)O)c(O)c2ccc(N3CCOCC3)cc21.CC(C)(C)OC(=O)CNC(=O)c1c(O)c2ccccc2n(OCC2CC2)c1=O.O=C(O)CNC(=O)c1c(O)c2ccc(Cl)cc2n(OCC2CC2)c1=O.O=C(O)CNC(=O)c1c(O)c2ccccc2n(OC2CCCC2)c1=O.O=C(O)CNC(=O)c1c(O)c2ccccc2n(OCC2CCCC2)c1=O. The summed E-state index contributed by atoms with van der Waals surface area (Å²) in [6, 6.07) is 29.1. The first-order valence-corrected chi connectivity index (χ1v) is 42.6. The molecule has 0 spiro atoms. The fourth-order valence-corrected chi connectivity index (χ4v) is 14.5. The van der Waals surface area contributed by atoms with Gasteiger partial charge in [-0.2, -0.15) is 0 Å². The summed E-state index contributed by atoms with van der Waals surface area (Å²) in [4.78, 5) is 210. The third-order valence-electron chi connectivity index (χ3n) is 21.2. The fraction of sp³-hybridized carbons (Fsp3) is 0.367. The third kappa shape index (κ3) is 24.8. The minimum absolute atomic E-state index is 0.0161. The van der Waals surface area contributed by atoms with Crippen LogP contribution in [0, 0.1) is 17.8 Å². The first kappa shape index (κ1) is 98.2. The number of pyridine rings is 5. The number of hydrogen-bond donors (Lipinski definition) is 14. The maximum absolute atomic E-state index is 12.9. The van der Waals surface area contributed by atoms with Gasteiger partial charge in [0, 0.05) is 50.7 Å². The van der Waals surface area contributed by atoms with Crippen LogP contribution < -0.4 is 83.5 Å². The lowest BCUT2D eigenvalue weighted by molar-refractivity contribution is -0.153. The Labute approximate surface area is 758 Å². The summed E-state index contributed by atoms with van der Waals surface area (Å²) in [5, 5.41) is 99.3. The third-order valence-corrected chi connectivity index (χ3v) is 21.4. The predicted molar refractivity (Wildman–Crippen MR) is 478 cm³/mol. The summed E-state index contributed by atoms with van der Waals surface area (Å²) in [6.07, 6.45) is 13.3. The van der Waals surface area contributed by atoms with Gasteiger partial charge in [-0.25, -0.2) is 0 Å². The van der Waals surface area contributed by atoms with Gasteiger partial charge in [-0.1, -0.05) is 73.5 Å². The minimum atomic E-state index is -1.28. The van der Waals surface area contributed by atoms with E-state index >= 15 is 0 Å². The number of hydrogen-bond acceptors (Lipinski definition) is 28. The second-order valence-electron chi connectivity index (χ2n) is 32.2. The Morgan fingerprint density at radius 2 is 0.729 bits per heavy atom. The number of carbonyl (C=O) groups is 10. The molecule has 0 unspecified atom stereocenters. The normalized spacial score (nSPS) is 14.1. The molecule has 10 aromatic rings. The molecule has 6 heterocycles. The standard InChI is InChI=1S/C20H24N2O6.C19H21N3O7.C18H20N2O6.C17H18N2O6.C16H15ClN2O6/c1-20(2,3)28-15(23)10-21-18(25)16-17(24)13-6-4-5-7-14(13)22(19(16)26)27-11-12-8-9-12;1-2-7-29-22-14-10-12(21-5-8-28-9-6-21)3-4-13(14)17(25)16(19(22)27)18(26)20-11-15(23)24;21-14(22)9-19-17(24)15-16(23)12-7-3-4-8-13(12)20(18(15)25)26-10-11-5-1-2-6-11;20-13(21)9-18-16(23)14-15(22)11-7-3-4-8-12(11)19(17(14)24)25-10-5-1-2-6-10;17-9-3-4-10-11(5-9)19(25-7-8-1-2-8)16(24)13(14(10)22)15(23)18-6-12(20)21/h4-7,12,24H,8-11H2,1-3H3,(H,21,25);2-4,10,25H,1,5-9,11H2,(H,20,26)(H,23,24);3-4,7-8,11,23H,1-2,5-6,9-10H2,(H,19,24)(H,21,22);3-4,7-8,10,22H,1-2,5-6,9H2,(H,18,23)(H,20,21);3-5,8,22H,1-2,6-7H2,(H,18,23)(H,20,21). The van der Waals surface area contributed by atoms with Crippen molar-refractivity contribution in [3.63, 3.8) is 0 Å². The van der Waals surface area contributed by atoms with Crippen molar-refractivity contribution in [1.82, 2.24) is 50.2 Å². The fourth-order valence-electron chi connectivity index (χ4n) is 14.4. The summed E-state index contributed by atoms with van der Waals surface area (Å²) >= 11 is 5.96. The Balaban J connectivity index is 0.000000160. The van der Waals surface area contributed by atoms with Gasteiger partial charge in [0.1, 0.15) is 99.6 Å².